The molecule has 354 valence electrons. The molecule has 0 rings (SSSR count). The van der Waals surface area contributed by atoms with E-state index in [1.165, 1.54) is 25.7 Å². The summed E-state index contributed by atoms with van der Waals surface area (Å²) in [7, 11) is 0. The summed E-state index contributed by atoms with van der Waals surface area (Å²) < 4.78 is 16.7. The standard InChI is InChI=1S/C57H90O6/c1-4-7-10-13-16-19-22-25-28-31-34-37-40-43-46-49-55(58)61-52-54(63-57(60)51-48-45-42-39-36-33-30-27-24-21-18-15-12-9-6-3)53-62-56(59)50-47-44-41-38-35-32-29-26-23-20-17-14-11-8-5-2/h7,9-10,12,16-21,25-30,35-36,38-39,54H,4-6,8,11,13-15,22-24,31-34,37,40-53H2,1-3H3/b10-7-,12-9-,19-16-,20-17-,21-18-,28-25-,29-26-,30-27-,38-35-,39-36-/t54-/m1/s1. The molecule has 0 amide bonds. The van der Waals surface area contributed by atoms with E-state index in [-0.39, 0.29) is 37.5 Å². The van der Waals surface area contributed by atoms with Crippen LogP contribution in [0.25, 0.3) is 0 Å². The first-order chi connectivity index (χ1) is 31.0. The fraction of sp³-hybridized carbons (Fsp3) is 0.596. The number of ether oxygens (including phenoxy) is 3. The molecule has 0 saturated carbocycles. The van der Waals surface area contributed by atoms with E-state index in [0.29, 0.717) is 25.7 Å². The second kappa shape index (κ2) is 50.5. The van der Waals surface area contributed by atoms with E-state index < -0.39 is 6.10 Å². The number of carbonyl (C=O) groups excluding carboxylic acids is 3. The number of esters is 3. The number of unbranched alkanes of at least 4 members (excludes halogenated alkanes) is 12. The van der Waals surface area contributed by atoms with Crippen molar-refractivity contribution in [2.45, 2.75) is 207 Å². The fourth-order valence-electron chi connectivity index (χ4n) is 6.22. The molecule has 0 N–H and O–H groups in total. The van der Waals surface area contributed by atoms with Crippen LogP contribution in [0.3, 0.4) is 0 Å². The SMILES string of the molecule is CC/C=C\C/C=C\C/C=C\C/C=C\CCCCC(=O)O[C@@H](COC(=O)CCCC/C=C\C/C=C\C/C=C\CCCCC)COC(=O)CCCCCCC/C=C\C/C=C\C/C=C\CC. The van der Waals surface area contributed by atoms with Crippen LogP contribution in [-0.2, 0) is 28.6 Å². The molecule has 6 nitrogen and oxygen atoms in total. The lowest BCUT2D eigenvalue weighted by Gasteiger charge is -2.18. The molecule has 0 aromatic carbocycles. The van der Waals surface area contributed by atoms with Gasteiger partial charge in [-0.25, -0.2) is 0 Å². The largest absolute Gasteiger partial charge is 0.462 e. The molecular formula is C57H90O6. The van der Waals surface area contributed by atoms with Gasteiger partial charge in [0, 0.05) is 19.3 Å². The number of hydrogen-bond acceptors (Lipinski definition) is 6. The summed E-state index contributed by atoms with van der Waals surface area (Å²) >= 11 is 0. The van der Waals surface area contributed by atoms with Gasteiger partial charge in [-0.05, 0) is 128 Å². The van der Waals surface area contributed by atoms with Crippen LogP contribution in [0.15, 0.2) is 122 Å². The summed E-state index contributed by atoms with van der Waals surface area (Å²) in [5.41, 5.74) is 0. The molecule has 1 atom stereocenters. The Kier molecular flexibility index (Phi) is 47.1. The van der Waals surface area contributed by atoms with Gasteiger partial charge in [0.1, 0.15) is 13.2 Å². The third-order valence-electron chi connectivity index (χ3n) is 9.93. The van der Waals surface area contributed by atoms with Crippen LogP contribution < -0.4 is 0 Å². The van der Waals surface area contributed by atoms with Crippen molar-refractivity contribution in [3.63, 3.8) is 0 Å². The Labute approximate surface area is 386 Å². The van der Waals surface area contributed by atoms with Crippen molar-refractivity contribution >= 4 is 17.9 Å². The maximum atomic E-state index is 12.8. The summed E-state index contributed by atoms with van der Waals surface area (Å²) in [4.78, 5) is 37.9. The van der Waals surface area contributed by atoms with Gasteiger partial charge in [0.15, 0.2) is 6.10 Å². The quantitative estimate of drug-likeness (QED) is 0.0263. The van der Waals surface area contributed by atoms with Crippen LogP contribution in [0.2, 0.25) is 0 Å². The maximum Gasteiger partial charge on any atom is 0.306 e. The predicted molar refractivity (Wildman–Crippen MR) is 269 cm³/mol. The highest BCUT2D eigenvalue weighted by atomic mass is 16.6. The van der Waals surface area contributed by atoms with E-state index in [1.54, 1.807) is 0 Å². The van der Waals surface area contributed by atoms with Crippen molar-refractivity contribution in [2.24, 2.45) is 0 Å². The van der Waals surface area contributed by atoms with Gasteiger partial charge in [-0.15, -0.1) is 0 Å². The molecule has 0 radical (unpaired) electrons. The minimum Gasteiger partial charge on any atom is -0.462 e. The monoisotopic (exact) mass is 871 g/mol. The second-order valence-electron chi connectivity index (χ2n) is 16.0. The first-order valence-corrected chi connectivity index (χ1v) is 25.0. The third-order valence-corrected chi connectivity index (χ3v) is 9.93. The molecular weight excluding hydrogens is 781 g/mol. The molecule has 0 aliphatic carbocycles. The highest BCUT2D eigenvalue weighted by Crippen LogP contribution is 2.11. The van der Waals surface area contributed by atoms with E-state index in [1.807, 2.05) is 0 Å². The van der Waals surface area contributed by atoms with Crippen LogP contribution in [0.5, 0.6) is 0 Å². The summed E-state index contributed by atoms with van der Waals surface area (Å²) in [6.45, 7) is 6.27. The van der Waals surface area contributed by atoms with Crippen LogP contribution in [0.1, 0.15) is 201 Å². The molecule has 0 saturated heterocycles. The Morgan fingerprint density at radius 2 is 0.619 bits per heavy atom. The minimum atomic E-state index is -0.825. The predicted octanol–water partition coefficient (Wildman–Crippen LogP) is 16.5. The highest BCUT2D eigenvalue weighted by Gasteiger charge is 2.19. The van der Waals surface area contributed by atoms with Gasteiger partial charge in [-0.3, -0.25) is 14.4 Å². The van der Waals surface area contributed by atoms with Crippen molar-refractivity contribution in [2.75, 3.05) is 13.2 Å². The average Bonchev–Trinajstić information content (AvgIpc) is 3.28. The van der Waals surface area contributed by atoms with Gasteiger partial charge < -0.3 is 14.2 Å². The van der Waals surface area contributed by atoms with Crippen LogP contribution in [-0.4, -0.2) is 37.2 Å². The van der Waals surface area contributed by atoms with E-state index in [0.717, 1.165) is 122 Å². The zero-order valence-corrected chi connectivity index (χ0v) is 40.3. The normalized spacial score (nSPS) is 13.1. The van der Waals surface area contributed by atoms with Gasteiger partial charge in [-0.1, -0.05) is 174 Å². The Bertz CT molecular complexity index is 1370. The van der Waals surface area contributed by atoms with Gasteiger partial charge in [-0.2, -0.15) is 0 Å². The molecule has 0 unspecified atom stereocenters. The lowest BCUT2D eigenvalue weighted by atomic mass is 10.1. The van der Waals surface area contributed by atoms with E-state index >= 15 is 0 Å². The van der Waals surface area contributed by atoms with Crippen LogP contribution >= 0.6 is 0 Å². The summed E-state index contributed by atoms with van der Waals surface area (Å²) in [5, 5.41) is 0. The molecule has 6 heteroatoms. The van der Waals surface area contributed by atoms with Crippen LogP contribution in [0.4, 0.5) is 0 Å². The average molecular weight is 871 g/mol. The fourth-order valence-corrected chi connectivity index (χ4v) is 6.22. The van der Waals surface area contributed by atoms with Gasteiger partial charge in [0.25, 0.3) is 0 Å². The van der Waals surface area contributed by atoms with Crippen molar-refractivity contribution in [3.05, 3.63) is 122 Å². The molecule has 0 spiro atoms. The minimum absolute atomic E-state index is 0.120. The molecule has 63 heavy (non-hydrogen) atoms. The third kappa shape index (κ3) is 48.7. The van der Waals surface area contributed by atoms with Crippen molar-refractivity contribution in [3.8, 4) is 0 Å². The van der Waals surface area contributed by atoms with Gasteiger partial charge in [0.05, 0.1) is 0 Å². The number of allylic oxidation sites excluding steroid dienone is 20. The highest BCUT2D eigenvalue weighted by molar-refractivity contribution is 5.71. The lowest BCUT2D eigenvalue weighted by Crippen LogP contribution is -2.30. The van der Waals surface area contributed by atoms with Crippen molar-refractivity contribution < 1.29 is 28.6 Å². The smallest absolute Gasteiger partial charge is 0.306 e. The van der Waals surface area contributed by atoms with Gasteiger partial charge >= 0.3 is 17.9 Å². The van der Waals surface area contributed by atoms with E-state index in [2.05, 4.69) is 142 Å². The molecule has 0 aliphatic rings. The van der Waals surface area contributed by atoms with E-state index in [4.69, 9.17) is 14.2 Å². The summed E-state index contributed by atoms with van der Waals surface area (Å²) in [6.07, 6.45) is 69.0. The number of carbonyl (C=O) groups is 3. The molecule has 0 heterocycles. The molecule has 0 fully saturated rings. The van der Waals surface area contributed by atoms with Crippen molar-refractivity contribution in [1.82, 2.24) is 0 Å². The van der Waals surface area contributed by atoms with Crippen LogP contribution in [0, 0.1) is 0 Å². The first kappa shape index (κ1) is 58.8. The zero-order chi connectivity index (χ0) is 45.8. The van der Waals surface area contributed by atoms with Gasteiger partial charge in [0.2, 0.25) is 0 Å². The number of rotatable bonds is 43. The van der Waals surface area contributed by atoms with Crippen molar-refractivity contribution in [1.29, 1.82) is 0 Å². The lowest BCUT2D eigenvalue weighted by molar-refractivity contribution is -0.167. The second-order valence-corrected chi connectivity index (χ2v) is 16.0. The van der Waals surface area contributed by atoms with E-state index in [9.17, 15) is 14.4 Å². The molecule has 0 aliphatic heterocycles. The Morgan fingerprint density at radius 1 is 0.333 bits per heavy atom. The molecule has 0 aromatic heterocycles. The Balaban J connectivity index is 4.57. The summed E-state index contributed by atoms with van der Waals surface area (Å²) in [5.74, 6) is -1.03. The number of hydrogen-bond donors (Lipinski definition) is 0. The first-order valence-electron chi connectivity index (χ1n) is 25.0. The Hall–Kier alpha value is -4.19. The Morgan fingerprint density at radius 3 is 1.00 bits per heavy atom. The zero-order valence-electron chi connectivity index (χ0n) is 40.3. The topological polar surface area (TPSA) is 78.9 Å². The molecule has 0 aromatic rings. The maximum absolute atomic E-state index is 12.8. The summed E-state index contributed by atoms with van der Waals surface area (Å²) in [6, 6.07) is 0. The molecule has 0 bridgehead atoms.